The van der Waals surface area contributed by atoms with Crippen molar-refractivity contribution in [3.63, 3.8) is 0 Å². The van der Waals surface area contributed by atoms with Gasteiger partial charge in [-0.05, 0) is 17.7 Å². The quantitative estimate of drug-likeness (QED) is 0.799. The van der Waals surface area contributed by atoms with Crippen molar-refractivity contribution in [2.45, 2.75) is 12.4 Å². The van der Waals surface area contributed by atoms with Gasteiger partial charge in [-0.3, -0.25) is 0 Å². The first-order chi connectivity index (χ1) is 11.3. The van der Waals surface area contributed by atoms with Crippen LogP contribution >= 0.6 is 0 Å². The number of hydrogen-bond donors (Lipinski definition) is 1. The summed E-state index contributed by atoms with van der Waals surface area (Å²) in [4.78, 5) is 0. The van der Waals surface area contributed by atoms with Crippen LogP contribution in [-0.2, 0) is 12.4 Å². The normalized spacial score (nSPS) is 14.7. The minimum Gasteiger partial charge on any atom is -0.440 e. The lowest BCUT2D eigenvalue weighted by Gasteiger charge is -2.28. The van der Waals surface area contributed by atoms with Crippen molar-refractivity contribution in [2.75, 3.05) is 0 Å². The summed E-state index contributed by atoms with van der Waals surface area (Å²) in [5.41, 5.74) is 2.64. The van der Waals surface area contributed by atoms with Crippen LogP contribution in [0.15, 0.2) is 78.9 Å². The highest BCUT2D eigenvalue weighted by Crippen LogP contribution is 2.47. The fourth-order valence-corrected chi connectivity index (χ4v) is 2.86. The molecule has 3 aromatic rings. The Morgan fingerprint density at radius 3 is 1.83 bits per heavy atom. The van der Waals surface area contributed by atoms with Crippen molar-refractivity contribution in [3.05, 3.63) is 95.6 Å². The maximum atomic E-state index is 9.34. The largest absolute Gasteiger partial charge is 0.440 e. The van der Waals surface area contributed by atoms with E-state index in [4.69, 9.17) is 9.47 Å². The highest BCUT2D eigenvalue weighted by Gasteiger charge is 2.45. The van der Waals surface area contributed by atoms with E-state index < -0.39 is 5.79 Å². The molecular weight excluding hydrogens is 288 g/mol. The molecule has 0 aromatic heterocycles. The van der Waals surface area contributed by atoms with Gasteiger partial charge in [0.15, 0.2) is 11.5 Å². The summed E-state index contributed by atoms with van der Waals surface area (Å²) in [5, 5.41) is 9.34. The van der Waals surface area contributed by atoms with Gasteiger partial charge in [0.1, 0.15) is 0 Å². The van der Waals surface area contributed by atoms with Gasteiger partial charge in [-0.1, -0.05) is 66.7 Å². The van der Waals surface area contributed by atoms with Gasteiger partial charge in [0, 0.05) is 11.1 Å². The fourth-order valence-electron chi connectivity index (χ4n) is 2.86. The minimum absolute atomic E-state index is 0.0275. The molecule has 0 atom stereocenters. The van der Waals surface area contributed by atoms with Gasteiger partial charge >= 0.3 is 5.79 Å². The Hall–Kier alpha value is -2.78. The van der Waals surface area contributed by atoms with Crippen molar-refractivity contribution < 1.29 is 14.6 Å². The standard InChI is InChI=1S/C20H16O3/c21-14-15-11-12-18-19(13-15)23-20(22-18,16-7-3-1-4-8-16)17-9-5-2-6-10-17/h1-13,21H,14H2. The lowest BCUT2D eigenvalue weighted by atomic mass is 9.97. The minimum atomic E-state index is -1.00. The summed E-state index contributed by atoms with van der Waals surface area (Å²) in [7, 11) is 0. The molecule has 3 nitrogen and oxygen atoms in total. The van der Waals surface area contributed by atoms with E-state index in [1.54, 1.807) is 0 Å². The average molecular weight is 304 g/mol. The van der Waals surface area contributed by atoms with Crippen LogP contribution in [0.4, 0.5) is 0 Å². The topological polar surface area (TPSA) is 38.7 Å². The summed E-state index contributed by atoms with van der Waals surface area (Å²) >= 11 is 0. The molecule has 0 radical (unpaired) electrons. The lowest BCUT2D eigenvalue weighted by Crippen LogP contribution is -2.36. The summed E-state index contributed by atoms with van der Waals surface area (Å²) in [6.45, 7) is -0.0275. The zero-order valence-corrected chi connectivity index (χ0v) is 12.5. The van der Waals surface area contributed by atoms with Gasteiger partial charge in [0.2, 0.25) is 0 Å². The first-order valence-corrected chi connectivity index (χ1v) is 7.55. The molecule has 1 heterocycles. The molecule has 23 heavy (non-hydrogen) atoms. The third kappa shape index (κ3) is 2.26. The number of benzene rings is 3. The number of hydrogen-bond acceptors (Lipinski definition) is 3. The van der Waals surface area contributed by atoms with E-state index in [9.17, 15) is 5.11 Å². The second kappa shape index (κ2) is 5.45. The van der Waals surface area contributed by atoms with Crippen molar-refractivity contribution in [1.82, 2.24) is 0 Å². The maximum Gasteiger partial charge on any atom is 0.305 e. The molecule has 1 aliphatic rings. The summed E-state index contributed by atoms with van der Waals surface area (Å²) in [6.07, 6.45) is 0. The van der Waals surface area contributed by atoms with Crippen molar-refractivity contribution in [3.8, 4) is 11.5 Å². The Morgan fingerprint density at radius 2 is 1.26 bits per heavy atom. The maximum absolute atomic E-state index is 9.34. The molecule has 0 fully saturated rings. The van der Waals surface area contributed by atoms with E-state index >= 15 is 0 Å². The van der Waals surface area contributed by atoms with Gasteiger partial charge in [0.05, 0.1) is 6.61 Å². The van der Waals surface area contributed by atoms with E-state index in [0.29, 0.717) is 11.5 Å². The lowest BCUT2D eigenvalue weighted by molar-refractivity contribution is -0.0459. The van der Waals surface area contributed by atoms with Gasteiger partial charge in [-0.25, -0.2) is 0 Å². The third-order valence-corrected chi connectivity index (χ3v) is 4.01. The summed E-state index contributed by atoms with van der Waals surface area (Å²) in [5.74, 6) is 0.318. The molecule has 3 heteroatoms. The van der Waals surface area contributed by atoms with Crippen LogP contribution in [0.5, 0.6) is 11.5 Å². The molecular formula is C20H16O3. The Bertz CT molecular complexity index is 773. The smallest absolute Gasteiger partial charge is 0.305 e. The first-order valence-electron chi connectivity index (χ1n) is 7.55. The van der Waals surface area contributed by atoms with Crippen molar-refractivity contribution >= 4 is 0 Å². The van der Waals surface area contributed by atoms with Gasteiger partial charge < -0.3 is 14.6 Å². The molecule has 1 aliphatic heterocycles. The van der Waals surface area contributed by atoms with Gasteiger partial charge in [-0.15, -0.1) is 0 Å². The molecule has 1 N–H and O–H groups in total. The zero-order valence-electron chi connectivity index (χ0n) is 12.5. The molecule has 0 saturated carbocycles. The van der Waals surface area contributed by atoms with Crippen LogP contribution in [0.1, 0.15) is 16.7 Å². The van der Waals surface area contributed by atoms with Crippen LogP contribution in [0.3, 0.4) is 0 Å². The second-order valence-corrected chi connectivity index (χ2v) is 5.49. The molecule has 0 bridgehead atoms. The summed E-state index contributed by atoms with van der Waals surface area (Å²) < 4.78 is 12.5. The monoisotopic (exact) mass is 304 g/mol. The van der Waals surface area contributed by atoms with E-state index in [1.165, 1.54) is 0 Å². The molecule has 0 aliphatic carbocycles. The fraction of sp³-hybridized carbons (Fsp3) is 0.100. The zero-order chi connectivity index (χ0) is 15.7. The Morgan fingerprint density at radius 1 is 0.696 bits per heavy atom. The predicted octanol–water partition coefficient (Wildman–Crippen LogP) is 3.85. The Kier molecular flexibility index (Phi) is 3.28. The number of aliphatic hydroxyl groups is 1. The highest BCUT2D eigenvalue weighted by molar-refractivity contribution is 5.50. The summed E-state index contributed by atoms with van der Waals surface area (Å²) in [6, 6.07) is 25.3. The molecule has 0 amide bonds. The number of ether oxygens (including phenoxy) is 2. The molecule has 4 rings (SSSR count). The van der Waals surface area contributed by atoms with E-state index in [0.717, 1.165) is 16.7 Å². The van der Waals surface area contributed by atoms with Crippen molar-refractivity contribution in [2.24, 2.45) is 0 Å². The second-order valence-electron chi connectivity index (χ2n) is 5.49. The van der Waals surface area contributed by atoms with Crippen LogP contribution < -0.4 is 9.47 Å². The number of fused-ring (bicyclic) bond motifs is 1. The highest BCUT2D eigenvalue weighted by atomic mass is 16.7. The van der Waals surface area contributed by atoms with Gasteiger partial charge in [0.25, 0.3) is 0 Å². The molecule has 0 saturated heterocycles. The SMILES string of the molecule is OCc1ccc2c(c1)OC(c1ccccc1)(c1ccccc1)O2. The first kappa shape index (κ1) is 13.9. The van der Waals surface area contributed by atoms with E-state index in [2.05, 4.69) is 0 Å². The molecule has 0 spiro atoms. The van der Waals surface area contributed by atoms with Crippen molar-refractivity contribution in [1.29, 1.82) is 0 Å². The number of aliphatic hydroxyl groups excluding tert-OH is 1. The Balaban J connectivity index is 1.87. The van der Waals surface area contributed by atoms with Crippen LogP contribution in [0.2, 0.25) is 0 Å². The molecule has 3 aromatic carbocycles. The van der Waals surface area contributed by atoms with Crippen LogP contribution in [0, 0.1) is 0 Å². The average Bonchev–Trinajstić information content (AvgIpc) is 3.03. The molecule has 0 unspecified atom stereocenters. The Labute approximate surface area is 134 Å². The predicted molar refractivity (Wildman–Crippen MR) is 87.3 cm³/mol. The van der Waals surface area contributed by atoms with Crippen LogP contribution in [-0.4, -0.2) is 5.11 Å². The van der Waals surface area contributed by atoms with Crippen LogP contribution in [0.25, 0.3) is 0 Å². The van der Waals surface area contributed by atoms with E-state index in [1.807, 2.05) is 78.9 Å². The van der Waals surface area contributed by atoms with E-state index in [-0.39, 0.29) is 6.61 Å². The number of rotatable bonds is 3. The third-order valence-electron chi connectivity index (χ3n) is 4.01. The molecule has 114 valence electrons. The van der Waals surface area contributed by atoms with Gasteiger partial charge in [-0.2, -0.15) is 0 Å².